The summed E-state index contributed by atoms with van der Waals surface area (Å²) in [5.74, 6) is -2.79. The molecule has 0 saturated carbocycles. The molecule has 5 atom stereocenters. The molecule has 0 bridgehead atoms. The molecule has 21 nitrogen and oxygen atoms in total. The number of hydrogen-bond donors (Lipinski definition) is 4. The molecule has 0 aromatic rings. The molecule has 1 saturated heterocycles. The van der Waals surface area contributed by atoms with E-state index in [1.54, 1.807) is 0 Å². The quantitative estimate of drug-likeness (QED) is 0.0964. The highest BCUT2D eigenvalue weighted by atomic mass is 31.3. The average molecular weight is 505 g/mol. The molecule has 170 valence electrons. The van der Waals surface area contributed by atoms with Crippen molar-refractivity contribution in [2.75, 3.05) is 6.61 Å². The highest BCUT2D eigenvalue weighted by Crippen LogP contribution is 2.66. The molecule has 4 N–H and O–H groups in total. The third-order valence-corrected chi connectivity index (χ3v) is 6.68. The molecule has 4 unspecified atom stereocenters. The maximum Gasteiger partial charge on any atom is 0.490 e. The number of phosphoric ester groups is 1. The minimum absolute atomic E-state index is 0.241. The summed E-state index contributed by atoms with van der Waals surface area (Å²) in [4.78, 5) is 42.4. The van der Waals surface area contributed by atoms with E-state index in [9.17, 15) is 18.6 Å². The van der Waals surface area contributed by atoms with Gasteiger partial charge in [0, 0.05) is 20.7 Å². The van der Waals surface area contributed by atoms with Gasteiger partial charge < -0.3 is 29.0 Å². The molecule has 0 aromatic carbocycles. The van der Waals surface area contributed by atoms with Crippen LogP contribution in [-0.2, 0) is 36.3 Å². The summed E-state index contributed by atoms with van der Waals surface area (Å²) >= 11 is 0. The average Bonchev–Trinajstić information content (AvgIpc) is 2.89. The molecule has 31 heavy (non-hydrogen) atoms. The van der Waals surface area contributed by atoms with Crippen LogP contribution in [0.3, 0.4) is 0 Å². The first-order valence-corrected chi connectivity index (χ1v) is 11.7. The summed E-state index contributed by atoms with van der Waals surface area (Å²) in [5.41, 5.74) is 25.7. The van der Waals surface area contributed by atoms with E-state index in [4.69, 9.17) is 48.6 Å². The molecule has 1 fully saturated rings. The number of ether oxygens (including phenoxy) is 2. The maximum atomic E-state index is 11.8. The predicted octanol–water partition coefficient (Wildman–Crippen LogP) is 1.54. The Hall–Kier alpha value is -1.68. The van der Waals surface area contributed by atoms with Gasteiger partial charge in [0.2, 0.25) is 0 Å². The Bertz CT molecular complexity index is 910. The van der Waals surface area contributed by atoms with Gasteiger partial charge in [-0.1, -0.05) is 0 Å². The summed E-state index contributed by atoms with van der Waals surface area (Å²) in [5, 5.41) is 8.82. The molecule has 0 aliphatic carbocycles. The van der Waals surface area contributed by atoms with E-state index in [1.807, 2.05) is 0 Å². The van der Waals surface area contributed by atoms with Gasteiger partial charge in [-0.25, -0.2) is 13.7 Å². The molecule has 25 heteroatoms. The number of phosphoric acid groups is 3. The van der Waals surface area contributed by atoms with Crippen molar-refractivity contribution in [1.29, 1.82) is 0 Å². The van der Waals surface area contributed by atoms with Crippen molar-refractivity contribution in [2.24, 2.45) is 15.3 Å². The van der Waals surface area contributed by atoms with E-state index in [0.29, 0.717) is 0 Å². The lowest BCUT2D eigenvalue weighted by Gasteiger charge is -2.26. The monoisotopic (exact) mass is 505 g/mol. The van der Waals surface area contributed by atoms with Crippen molar-refractivity contribution in [1.82, 2.24) is 0 Å². The summed E-state index contributed by atoms with van der Waals surface area (Å²) in [7, 11) is -11.3. The molecule has 2 radical (unpaired) electrons. The lowest BCUT2D eigenvalue weighted by atomic mass is 9.96. The fourth-order valence-electron chi connectivity index (χ4n) is 2.00. The Balaban J connectivity index is 2.96. The Morgan fingerprint density at radius 3 is 1.97 bits per heavy atom. The molecule has 0 spiro atoms. The molecule has 0 amide bonds. The topological polar surface area (TPSA) is 325 Å². The minimum Gasteiger partial charge on any atom is -0.380 e. The zero-order valence-electron chi connectivity index (χ0n) is 14.6. The first kappa shape index (κ1) is 27.4. The van der Waals surface area contributed by atoms with E-state index in [2.05, 4.69) is 43.2 Å². The van der Waals surface area contributed by atoms with Gasteiger partial charge in [0.1, 0.15) is 14.0 Å². The van der Waals surface area contributed by atoms with Gasteiger partial charge in [0.25, 0.3) is 0 Å². The van der Waals surface area contributed by atoms with E-state index in [-0.39, 0.29) is 6.42 Å². The number of nitrogens with zero attached hydrogens (tertiary/aromatic N) is 9. The highest BCUT2D eigenvalue weighted by Gasteiger charge is 2.44. The van der Waals surface area contributed by atoms with E-state index >= 15 is 0 Å². The Labute approximate surface area is 172 Å². The molecular formula is C6H11BN9O12P3. The smallest absolute Gasteiger partial charge is 0.380 e. The summed E-state index contributed by atoms with van der Waals surface area (Å²) in [6.07, 6.45) is -3.02. The molecule has 1 aliphatic rings. The van der Waals surface area contributed by atoms with Gasteiger partial charge in [-0.15, -0.1) is 0 Å². The van der Waals surface area contributed by atoms with Gasteiger partial charge in [0.05, 0.1) is 12.7 Å². The third-order valence-electron chi connectivity index (χ3n) is 2.88. The predicted molar refractivity (Wildman–Crippen MR) is 93.9 cm³/mol. The van der Waals surface area contributed by atoms with Crippen LogP contribution in [0.5, 0.6) is 0 Å². The number of hydrogen-bond acceptors (Lipinski definition) is 11. The van der Waals surface area contributed by atoms with Crippen LogP contribution in [0.15, 0.2) is 15.3 Å². The Morgan fingerprint density at radius 1 is 1.00 bits per heavy atom. The van der Waals surface area contributed by atoms with Gasteiger partial charge >= 0.3 is 29.4 Å². The SMILES string of the molecule is [B]C1C[C@@H](OC(N=[N+]=[N-])(N=[N+]=[N-])N=[N+]=[N-])C(COP(=O)(O)OP(=O)(O)OP(=O)(O)O)O1. The minimum atomic E-state index is -5.75. The third kappa shape index (κ3) is 9.55. The fraction of sp³-hybridized carbons (Fsp3) is 1.00. The van der Waals surface area contributed by atoms with Crippen LogP contribution < -0.4 is 0 Å². The number of rotatable bonds is 12. The molecule has 1 rings (SSSR count). The van der Waals surface area contributed by atoms with Crippen molar-refractivity contribution in [3.63, 3.8) is 0 Å². The van der Waals surface area contributed by atoms with Gasteiger partial charge in [-0.05, 0) is 38.4 Å². The zero-order valence-corrected chi connectivity index (χ0v) is 17.3. The standard InChI is InChI=1S/C6H11BN9O12P3/c7-5-1-3(26-6(11-14-8,12-15-9)13-16-10)4(25-5)2-24-30(20,21)28-31(22,23)27-29(17,18)19/h3-5H,1-2H2,(H,20,21)(H,22,23)(H2,17,18,19)/t3-,4?,5?/m1/s1. The summed E-state index contributed by atoms with van der Waals surface area (Å²) in [6.45, 7) is -0.985. The largest absolute Gasteiger partial charge is 0.490 e. The lowest BCUT2D eigenvalue weighted by Crippen LogP contribution is -2.37. The fourth-order valence-corrected chi connectivity index (χ4v) is 5.03. The second-order valence-corrected chi connectivity index (χ2v) is 9.55. The van der Waals surface area contributed by atoms with Crippen molar-refractivity contribution in [3.05, 3.63) is 31.3 Å². The molecule has 1 heterocycles. The van der Waals surface area contributed by atoms with Crippen molar-refractivity contribution < 1.29 is 55.9 Å². The van der Waals surface area contributed by atoms with Crippen LogP contribution in [0, 0.1) is 0 Å². The van der Waals surface area contributed by atoms with Gasteiger partial charge in [0.15, 0.2) is 0 Å². The van der Waals surface area contributed by atoms with Gasteiger partial charge in [-0.2, -0.15) is 8.62 Å². The van der Waals surface area contributed by atoms with Crippen molar-refractivity contribution >= 4 is 31.3 Å². The van der Waals surface area contributed by atoms with Crippen LogP contribution in [0.1, 0.15) is 6.42 Å². The second kappa shape index (κ2) is 10.8. The van der Waals surface area contributed by atoms with Crippen LogP contribution >= 0.6 is 23.5 Å². The van der Waals surface area contributed by atoms with Crippen LogP contribution in [0.25, 0.3) is 31.3 Å². The van der Waals surface area contributed by atoms with Crippen LogP contribution in [0.2, 0.25) is 0 Å². The summed E-state index contributed by atoms with van der Waals surface area (Å²) in [6, 6.07) is -1.11. The van der Waals surface area contributed by atoms with Crippen LogP contribution in [-0.4, -0.2) is 58.2 Å². The van der Waals surface area contributed by atoms with Gasteiger partial charge in [-0.3, -0.25) is 4.52 Å². The van der Waals surface area contributed by atoms with E-state index in [1.165, 1.54) is 0 Å². The first-order chi connectivity index (χ1) is 14.2. The second-order valence-electron chi connectivity index (χ2n) is 5.13. The number of azide groups is 1. The lowest BCUT2D eigenvalue weighted by molar-refractivity contribution is -0.114. The van der Waals surface area contributed by atoms with E-state index < -0.39 is 54.3 Å². The summed E-state index contributed by atoms with van der Waals surface area (Å²) < 4.78 is 55.4. The highest BCUT2D eigenvalue weighted by molar-refractivity contribution is 7.66. The maximum absolute atomic E-state index is 11.8. The normalized spacial score (nSPS) is 26.8. The Morgan fingerprint density at radius 2 is 1.52 bits per heavy atom. The molecule has 0 aromatic heterocycles. The van der Waals surface area contributed by atoms with Crippen LogP contribution in [0.4, 0.5) is 0 Å². The zero-order chi connectivity index (χ0) is 23.9. The Kier molecular flexibility index (Phi) is 9.50. The molecule has 1 aliphatic heterocycles. The van der Waals surface area contributed by atoms with Crippen molar-refractivity contribution in [3.8, 4) is 0 Å². The molecular weight excluding hydrogens is 494 g/mol. The van der Waals surface area contributed by atoms with Crippen molar-refractivity contribution in [2.45, 2.75) is 30.6 Å². The van der Waals surface area contributed by atoms with E-state index in [0.717, 1.165) is 0 Å². The first-order valence-electron chi connectivity index (χ1n) is 7.22.